The number of ether oxygens (including phenoxy) is 1. The summed E-state index contributed by atoms with van der Waals surface area (Å²) in [5.41, 5.74) is 1.52. The molecule has 2 rings (SSSR count). The maximum absolute atomic E-state index is 11.4. The van der Waals surface area contributed by atoms with Crippen molar-refractivity contribution in [3.8, 4) is 0 Å². The molecule has 0 aromatic carbocycles. The number of esters is 1. The summed E-state index contributed by atoms with van der Waals surface area (Å²) in [6.45, 7) is 11.0. The van der Waals surface area contributed by atoms with Gasteiger partial charge in [-0.15, -0.1) is 0 Å². The molecule has 1 aliphatic carbocycles. The predicted molar refractivity (Wildman–Crippen MR) is 59.3 cm³/mol. The summed E-state index contributed by atoms with van der Waals surface area (Å²) in [7, 11) is 0. The minimum absolute atomic E-state index is 0.0602. The SMILES string of the molecule is CC1=CC(=O)OC2C1C(C)(C)CC2(C)C. The Kier molecular flexibility index (Phi) is 2.05. The van der Waals surface area contributed by atoms with Crippen molar-refractivity contribution < 1.29 is 9.53 Å². The molecule has 0 bridgehead atoms. The van der Waals surface area contributed by atoms with E-state index in [1.807, 2.05) is 0 Å². The molecule has 2 atom stereocenters. The van der Waals surface area contributed by atoms with E-state index in [-0.39, 0.29) is 22.9 Å². The third-order valence-corrected chi connectivity index (χ3v) is 3.91. The van der Waals surface area contributed by atoms with E-state index in [1.54, 1.807) is 6.08 Å². The van der Waals surface area contributed by atoms with Gasteiger partial charge < -0.3 is 4.74 Å². The van der Waals surface area contributed by atoms with E-state index in [0.717, 1.165) is 6.42 Å². The molecule has 0 aromatic heterocycles. The Labute approximate surface area is 91.7 Å². The first kappa shape index (κ1) is 10.7. The van der Waals surface area contributed by atoms with Gasteiger partial charge in [-0.3, -0.25) is 0 Å². The molecule has 1 fully saturated rings. The molecule has 84 valence electrons. The Morgan fingerprint density at radius 3 is 2.47 bits per heavy atom. The number of hydrogen-bond acceptors (Lipinski definition) is 2. The van der Waals surface area contributed by atoms with Crippen LogP contribution in [0.4, 0.5) is 0 Å². The van der Waals surface area contributed by atoms with Gasteiger partial charge in [0.25, 0.3) is 0 Å². The maximum Gasteiger partial charge on any atom is 0.331 e. The monoisotopic (exact) mass is 208 g/mol. The highest BCUT2D eigenvalue weighted by Crippen LogP contribution is 2.57. The van der Waals surface area contributed by atoms with Gasteiger partial charge in [0.05, 0.1) is 0 Å². The van der Waals surface area contributed by atoms with Gasteiger partial charge in [-0.1, -0.05) is 33.3 Å². The number of fused-ring (bicyclic) bond motifs is 1. The fourth-order valence-electron chi connectivity index (χ4n) is 3.76. The summed E-state index contributed by atoms with van der Waals surface area (Å²) in [5, 5.41) is 0. The Bertz CT molecular complexity index is 336. The lowest BCUT2D eigenvalue weighted by Crippen LogP contribution is -2.38. The average molecular weight is 208 g/mol. The first-order valence-corrected chi connectivity index (χ1v) is 5.63. The van der Waals surface area contributed by atoms with E-state index in [4.69, 9.17) is 4.74 Å². The van der Waals surface area contributed by atoms with Crippen LogP contribution in [0.25, 0.3) is 0 Å². The van der Waals surface area contributed by atoms with E-state index < -0.39 is 0 Å². The normalized spacial score (nSPS) is 36.9. The van der Waals surface area contributed by atoms with Crippen molar-refractivity contribution in [1.82, 2.24) is 0 Å². The van der Waals surface area contributed by atoms with Crippen molar-refractivity contribution in [2.45, 2.75) is 47.1 Å². The lowest BCUT2D eigenvalue weighted by molar-refractivity contribution is -0.151. The molecule has 2 aliphatic rings. The average Bonchev–Trinajstić information content (AvgIpc) is 2.15. The molecule has 2 unspecified atom stereocenters. The molecule has 0 saturated heterocycles. The lowest BCUT2D eigenvalue weighted by atomic mass is 9.76. The summed E-state index contributed by atoms with van der Waals surface area (Å²) in [6, 6.07) is 0. The van der Waals surface area contributed by atoms with Crippen molar-refractivity contribution in [3.63, 3.8) is 0 Å². The molecule has 0 radical (unpaired) electrons. The van der Waals surface area contributed by atoms with Crippen LogP contribution in [0.3, 0.4) is 0 Å². The van der Waals surface area contributed by atoms with Gasteiger partial charge in [0, 0.05) is 17.4 Å². The van der Waals surface area contributed by atoms with Crippen LogP contribution < -0.4 is 0 Å². The second-order valence-corrected chi connectivity index (χ2v) is 6.38. The molecule has 2 nitrogen and oxygen atoms in total. The zero-order valence-electron chi connectivity index (χ0n) is 10.3. The van der Waals surface area contributed by atoms with Gasteiger partial charge in [-0.25, -0.2) is 4.79 Å². The zero-order valence-corrected chi connectivity index (χ0v) is 10.3. The summed E-state index contributed by atoms with van der Waals surface area (Å²) in [6.07, 6.45) is 2.82. The number of carbonyl (C=O) groups excluding carboxylic acids is 1. The van der Waals surface area contributed by atoms with Gasteiger partial charge in [-0.05, 0) is 18.8 Å². The van der Waals surface area contributed by atoms with Crippen LogP contribution in [-0.2, 0) is 9.53 Å². The van der Waals surface area contributed by atoms with Crippen molar-refractivity contribution in [3.05, 3.63) is 11.6 Å². The second kappa shape index (κ2) is 2.87. The van der Waals surface area contributed by atoms with Crippen molar-refractivity contribution in [1.29, 1.82) is 0 Å². The number of hydrogen-bond donors (Lipinski definition) is 0. The molecule has 2 heteroatoms. The summed E-state index contributed by atoms with van der Waals surface area (Å²) in [5.74, 6) is 0.227. The van der Waals surface area contributed by atoms with E-state index >= 15 is 0 Å². The smallest absolute Gasteiger partial charge is 0.331 e. The quantitative estimate of drug-likeness (QED) is 0.572. The molecule has 1 heterocycles. The maximum atomic E-state index is 11.4. The Morgan fingerprint density at radius 2 is 1.87 bits per heavy atom. The molecule has 0 amide bonds. The number of carbonyl (C=O) groups is 1. The van der Waals surface area contributed by atoms with Crippen LogP contribution in [0.1, 0.15) is 41.0 Å². The molecule has 1 aliphatic heterocycles. The third-order valence-electron chi connectivity index (χ3n) is 3.91. The van der Waals surface area contributed by atoms with Gasteiger partial charge in [0.15, 0.2) is 0 Å². The van der Waals surface area contributed by atoms with Crippen molar-refractivity contribution in [2.75, 3.05) is 0 Å². The Hall–Kier alpha value is -0.790. The van der Waals surface area contributed by atoms with Crippen LogP contribution in [0.15, 0.2) is 11.6 Å². The van der Waals surface area contributed by atoms with E-state index in [1.165, 1.54) is 5.57 Å². The van der Waals surface area contributed by atoms with E-state index in [2.05, 4.69) is 34.6 Å². The van der Waals surface area contributed by atoms with Crippen molar-refractivity contribution in [2.24, 2.45) is 16.7 Å². The molecule has 0 N–H and O–H groups in total. The minimum Gasteiger partial charge on any atom is -0.458 e. The predicted octanol–water partition coefficient (Wildman–Crippen LogP) is 2.93. The Balaban J connectivity index is 2.46. The van der Waals surface area contributed by atoms with Crippen LogP contribution in [0, 0.1) is 16.7 Å². The highest BCUT2D eigenvalue weighted by Gasteiger charge is 2.56. The fraction of sp³-hybridized carbons (Fsp3) is 0.769. The molecule has 0 spiro atoms. The minimum atomic E-state index is -0.167. The highest BCUT2D eigenvalue weighted by molar-refractivity contribution is 5.84. The van der Waals surface area contributed by atoms with Gasteiger partial charge in [0.2, 0.25) is 0 Å². The van der Waals surface area contributed by atoms with Crippen molar-refractivity contribution >= 4 is 5.97 Å². The zero-order chi connectivity index (χ0) is 11.4. The van der Waals surface area contributed by atoms with Gasteiger partial charge in [-0.2, -0.15) is 0 Å². The highest BCUT2D eigenvalue weighted by atomic mass is 16.5. The Morgan fingerprint density at radius 1 is 1.27 bits per heavy atom. The largest absolute Gasteiger partial charge is 0.458 e. The van der Waals surface area contributed by atoms with Crippen LogP contribution in [0.2, 0.25) is 0 Å². The molecule has 1 saturated carbocycles. The summed E-state index contributed by atoms with van der Waals surface area (Å²) < 4.78 is 5.52. The van der Waals surface area contributed by atoms with Crippen LogP contribution in [0.5, 0.6) is 0 Å². The first-order chi connectivity index (χ1) is 6.74. The summed E-state index contributed by atoms with van der Waals surface area (Å²) in [4.78, 5) is 11.4. The van der Waals surface area contributed by atoms with E-state index in [9.17, 15) is 4.79 Å². The summed E-state index contributed by atoms with van der Waals surface area (Å²) >= 11 is 0. The lowest BCUT2D eigenvalue weighted by Gasteiger charge is -2.35. The molecule has 15 heavy (non-hydrogen) atoms. The van der Waals surface area contributed by atoms with E-state index in [0.29, 0.717) is 5.92 Å². The molecular formula is C13H20O2. The third kappa shape index (κ3) is 1.51. The topological polar surface area (TPSA) is 26.3 Å². The standard InChI is InChI=1S/C13H20O2/c1-8-6-9(14)15-11-10(8)12(2,3)7-13(11,4)5/h6,10-11H,7H2,1-5H3. The van der Waals surface area contributed by atoms with Gasteiger partial charge in [0.1, 0.15) is 6.10 Å². The first-order valence-electron chi connectivity index (χ1n) is 5.63. The van der Waals surface area contributed by atoms with Crippen LogP contribution in [-0.4, -0.2) is 12.1 Å². The van der Waals surface area contributed by atoms with Crippen LogP contribution >= 0.6 is 0 Å². The number of rotatable bonds is 0. The molecule has 0 aromatic rings. The van der Waals surface area contributed by atoms with Gasteiger partial charge >= 0.3 is 5.97 Å². The second-order valence-electron chi connectivity index (χ2n) is 6.38. The fourth-order valence-corrected chi connectivity index (χ4v) is 3.76. The molecular weight excluding hydrogens is 188 g/mol.